The molecule has 6 rings (SSSR count). The van der Waals surface area contributed by atoms with Crippen LogP contribution in [0, 0.1) is 0 Å². The van der Waals surface area contributed by atoms with E-state index in [1.807, 2.05) is 12.1 Å². The third-order valence-electron chi connectivity index (χ3n) is 5.82. The van der Waals surface area contributed by atoms with E-state index in [1.54, 1.807) is 0 Å². The van der Waals surface area contributed by atoms with Crippen molar-refractivity contribution in [2.24, 2.45) is 0 Å². The van der Waals surface area contributed by atoms with Crippen LogP contribution in [0.5, 0.6) is 0 Å². The summed E-state index contributed by atoms with van der Waals surface area (Å²) in [4.78, 5) is 0. The quantitative estimate of drug-likeness (QED) is 0.331. The van der Waals surface area contributed by atoms with Gasteiger partial charge in [-0.15, -0.1) is 5.10 Å². The number of rotatable bonds is 3. The van der Waals surface area contributed by atoms with Crippen LogP contribution in [0.15, 0.2) is 109 Å². The lowest BCUT2D eigenvalue weighted by molar-refractivity contribution is 0.590. The van der Waals surface area contributed by atoms with Crippen molar-refractivity contribution in [2.75, 3.05) is 0 Å². The Bertz CT molecular complexity index is 1450. The summed E-state index contributed by atoms with van der Waals surface area (Å²) in [6.45, 7) is 0. The van der Waals surface area contributed by atoms with E-state index in [9.17, 15) is 0 Å². The summed E-state index contributed by atoms with van der Waals surface area (Å²) in [6.07, 6.45) is 0. The second kappa shape index (κ2) is 6.82. The van der Waals surface area contributed by atoms with Gasteiger partial charge in [0.15, 0.2) is 0 Å². The molecule has 0 unspecified atom stereocenters. The maximum Gasteiger partial charge on any atom is 0.121 e. The van der Waals surface area contributed by atoms with Gasteiger partial charge in [0.25, 0.3) is 0 Å². The molecule has 0 atom stereocenters. The molecule has 30 heavy (non-hydrogen) atoms. The molecule has 3 heteroatoms. The lowest BCUT2D eigenvalue weighted by Crippen LogP contribution is -2.14. The Kier molecular flexibility index (Phi) is 3.85. The first-order valence-corrected chi connectivity index (χ1v) is 10.2. The molecule has 1 aromatic heterocycles. The zero-order chi connectivity index (χ0) is 19.9. The Hall–Kier alpha value is -3.98. The van der Waals surface area contributed by atoms with Crippen molar-refractivity contribution in [2.45, 2.75) is 6.04 Å². The van der Waals surface area contributed by atoms with E-state index in [1.165, 1.54) is 27.3 Å². The minimum Gasteiger partial charge on any atom is -0.232 e. The number of hydrogen-bond donors (Lipinski definition) is 0. The molecule has 6 aromatic rings. The number of fused-ring (bicyclic) bond motifs is 6. The lowest BCUT2D eigenvalue weighted by Gasteiger charge is -2.20. The van der Waals surface area contributed by atoms with Gasteiger partial charge in [0.05, 0.1) is 5.52 Å². The molecule has 142 valence electrons. The predicted molar refractivity (Wildman–Crippen MR) is 123 cm³/mol. The summed E-state index contributed by atoms with van der Waals surface area (Å²) in [5, 5.41) is 14.1. The molecule has 0 N–H and O–H groups in total. The fourth-order valence-electron chi connectivity index (χ4n) is 4.50. The predicted octanol–water partition coefficient (Wildman–Crippen LogP) is 6.38. The van der Waals surface area contributed by atoms with E-state index >= 15 is 0 Å². The summed E-state index contributed by atoms with van der Waals surface area (Å²) in [5.74, 6) is 0. The number of benzene rings is 5. The Balaban J connectivity index is 1.76. The zero-order valence-electron chi connectivity index (χ0n) is 16.3. The van der Waals surface area contributed by atoms with Crippen molar-refractivity contribution in [1.29, 1.82) is 0 Å². The minimum absolute atomic E-state index is 0.0537. The Morgan fingerprint density at radius 3 is 1.57 bits per heavy atom. The first-order chi connectivity index (χ1) is 14.9. The van der Waals surface area contributed by atoms with Gasteiger partial charge in [0.1, 0.15) is 11.6 Å². The van der Waals surface area contributed by atoms with Gasteiger partial charge in [-0.3, -0.25) is 0 Å². The summed E-state index contributed by atoms with van der Waals surface area (Å²) < 4.78 is 2.09. The highest BCUT2D eigenvalue weighted by Gasteiger charge is 2.22. The third kappa shape index (κ3) is 2.52. The molecule has 0 fully saturated rings. The highest BCUT2D eigenvalue weighted by molar-refractivity contribution is 6.23. The smallest absolute Gasteiger partial charge is 0.121 e. The van der Waals surface area contributed by atoms with E-state index in [0.717, 1.165) is 16.4 Å². The van der Waals surface area contributed by atoms with Crippen LogP contribution < -0.4 is 0 Å². The maximum atomic E-state index is 4.72. The van der Waals surface area contributed by atoms with Crippen LogP contribution in [-0.2, 0) is 0 Å². The summed E-state index contributed by atoms with van der Waals surface area (Å²) in [7, 11) is 0. The average Bonchev–Trinajstić information content (AvgIpc) is 3.26. The van der Waals surface area contributed by atoms with Gasteiger partial charge in [-0.1, -0.05) is 114 Å². The molecule has 1 heterocycles. The van der Waals surface area contributed by atoms with Crippen molar-refractivity contribution in [1.82, 2.24) is 15.0 Å². The van der Waals surface area contributed by atoms with E-state index in [0.29, 0.717) is 0 Å². The Labute approximate surface area is 174 Å². The van der Waals surface area contributed by atoms with Crippen molar-refractivity contribution in [3.8, 4) is 0 Å². The minimum atomic E-state index is -0.0537. The van der Waals surface area contributed by atoms with Crippen molar-refractivity contribution < 1.29 is 0 Å². The van der Waals surface area contributed by atoms with Gasteiger partial charge >= 0.3 is 0 Å². The number of aromatic nitrogens is 3. The SMILES string of the molecule is c1ccc(C(c2ccccc2)n2nnc3c4ccccc4c4ccccc4c32)cc1. The monoisotopic (exact) mass is 385 g/mol. The highest BCUT2D eigenvalue weighted by atomic mass is 15.4. The molecule has 3 nitrogen and oxygen atoms in total. The molecule has 0 bridgehead atoms. The molecule has 0 amide bonds. The molecular formula is C27H19N3. The molecule has 0 saturated heterocycles. The molecule has 0 radical (unpaired) electrons. The van der Waals surface area contributed by atoms with Crippen LogP contribution in [0.4, 0.5) is 0 Å². The second-order valence-electron chi connectivity index (χ2n) is 7.55. The van der Waals surface area contributed by atoms with Crippen LogP contribution >= 0.6 is 0 Å². The standard InChI is InChI=1S/C27H19N3/c1-3-11-19(12-4-1)26(20-13-5-2-6-14-20)30-27-24-18-10-8-16-22(24)21-15-7-9-17-23(21)25(27)28-29-30/h1-18,26H. The van der Waals surface area contributed by atoms with Gasteiger partial charge < -0.3 is 0 Å². The zero-order valence-corrected chi connectivity index (χ0v) is 16.3. The van der Waals surface area contributed by atoms with Crippen molar-refractivity contribution in [3.05, 3.63) is 120 Å². The number of hydrogen-bond acceptors (Lipinski definition) is 2. The first kappa shape index (κ1) is 16.9. The van der Waals surface area contributed by atoms with E-state index in [4.69, 9.17) is 5.21 Å². The summed E-state index contributed by atoms with van der Waals surface area (Å²) in [5.41, 5.74) is 4.39. The van der Waals surface area contributed by atoms with E-state index in [-0.39, 0.29) is 6.04 Å². The van der Waals surface area contributed by atoms with Gasteiger partial charge in [-0.25, -0.2) is 4.68 Å². The van der Waals surface area contributed by atoms with Gasteiger partial charge in [0, 0.05) is 10.8 Å². The second-order valence-corrected chi connectivity index (χ2v) is 7.55. The lowest BCUT2D eigenvalue weighted by atomic mass is 9.97. The topological polar surface area (TPSA) is 30.7 Å². The molecule has 0 spiro atoms. The van der Waals surface area contributed by atoms with Gasteiger partial charge in [0.2, 0.25) is 0 Å². The van der Waals surface area contributed by atoms with Crippen LogP contribution in [0.1, 0.15) is 17.2 Å². The Morgan fingerprint density at radius 1 is 0.500 bits per heavy atom. The highest BCUT2D eigenvalue weighted by Crippen LogP contribution is 2.37. The van der Waals surface area contributed by atoms with Crippen molar-refractivity contribution in [3.63, 3.8) is 0 Å². The van der Waals surface area contributed by atoms with E-state index in [2.05, 4.69) is 107 Å². The fraction of sp³-hybridized carbons (Fsp3) is 0.0370. The van der Waals surface area contributed by atoms with Crippen LogP contribution in [0.2, 0.25) is 0 Å². The van der Waals surface area contributed by atoms with Gasteiger partial charge in [-0.05, 0) is 21.9 Å². The van der Waals surface area contributed by atoms with E-state index < -0.39 is 0 Å². The van der Waals surface area contributed by atoms with Crippen molar-refractivity contribution >= 4 is 32.6 Å². The molecule has 0 aliphatic carbocycles. The van der Waals surface area contributed by atoms with Crippen LogP contribution in [0.3, 0.4) is 0 Å². The first-order valence-electron chi connectivity index (χ1n) is 10.2. The molecule has 0 saturated carbocycles. The molecule has 5 aromatic carbocycles. The summed E-state index contributed by atoms with van der Waals surface area (Å²) >= 11 is 0. The molecular weight excluding hydrogens is 366 g/mol. The van der Waals surface area contributed by atoms with Gasteiger partial charge in [-0.2, -0.15) is 0 Å². The third-order valence-corrected chi connectivity index (χ3v) is 5.82. The normalized spacial score (nSPS) is 11.6. The molecule has 0 aliphatic rings. The fourth-order valence-corrected chi connectivity index (χ4v) is 4.50. The largest absolute Gasteiger partial charge is 0.232 e. The number of nitrogens with zero attached hydrogens (tertiary/aromatic N) is 3. The molecule has 0 aliphatic heterocycles. The Morgan fingerprint density at radius 2 is 0.967 bits per heavy atom. The van der Waals surface area contributed by atoms with Crippen LogP contribution in [0.25, 0.3) is 32.6 Å². The van der Waals surface area contributed by atoms with Crippen LogP contribution in [-0.4, -0.2) is 15.0 Å². The average molecular weight is 385 g/mol. The summed E-state index contributed by atoms with van der Waals surface area (Å²) in [6, 6.07) is 38.0. The maximum absolute atomic E-state index is 4.72.